The first-order chi connectivity index (χ1) is 13.1. The summed E-state index contributed by atoms with van der Waals surface area (Å²) in [4.78, 5) is 26.6. The Balaban J connectivity index is 1.92. The Labute approximate surface area is 160 Å². The van der Waals surface area contributed by atoms with E-state index in [4.69, 9.17) is 0 Å². The molecule has 5 heteroatoms. The number of nitrogens with one attached hydrogen (secondary N) is 1. The van der Waals surface area contributed by atoms with Crippen molar-refractivity contribution in [3.05, 3.63) is 71.5 Å². The van der Waals surface area contributed by atoms with Crippen LogP contribution < -0.4 is 5.32 Å². The number of rotatable bonds is 10. The molecule has 0 aromatic heterocycles. The normalized spacial score (nSPS) is 12.0. The average molecular weight is 370 g/mol. The van der Waals surface area contributed by atoms with Crippen LogP contribution in [0.15, 0.2) is 54.6 Å². The van der Waals surface area contributed by atoms with Gasteiger partial charge in [0.1, 0.15) is 5.82 Å². The molecule has 4 nitrogen and oxygen atoms in total. The van der Waals surface area contributed by atoms with Crippen LogP contribution >= 0.6 is 0 Å². The lowest BCUT2D eigenvalue weighted by Crippen LogP contribution is -2.38. The number of likely N-dealkylation sites (N-methyl/N-ethyl adjacent to an activating group) is 1. The summed E-state index contributed by atoms with van der Waals surface area (Å²) >= 11 is 0. The predicted molar refractivity (Wildman–Crippen MR) is 105 cm³/mol. The van der Waals surface area contributed by atoms with Gasteiger partial charge in [-0.2, -0.15) is 0 Å². The highest BCUT2D eigenvalue weighted by Crippen LogP contribution is 2.19. The van der Waals surface area contributed by atoms with Gasteiger partial charge in [-0.1, -0.05) is 56.3 Å². The number of carbonyl (C=O) groups excluding carboxylic acids is 2. The minimum atomic E-state index is -0.548. The zero-order valence-corrected chi connectivity index (χ0v) is 16.0. The van der Waals surface area contributed by atoms with Crippen LogP contribution in [0.4, 0.5) is 4.39 Å². The number of hydrogen-bond acceptors (Lipinski definition) is 3. The Kier molecular flexibility index (Phi) is 8.14. The van der Waals surface area contributed by atoms with Crippen molar-refractivity contribution in [3.8, 4) is 0 Å². The molecule has 0 aliphatic rings. The lowest BCUT2D eigenvalue weighted by atomic mass is 10.0. The molecular formula is C22H27FN2O2. The van der Waals surface area contributed by atoms with Crippen molar-refractivity contribution in [2.24, 2.45) is 0 Å². The second kappa shape index (κ2) is 10.6. The third kappa shape index (κ3) is 6.00. The van der Waals surface area contributed by atoms with E-state index in [1.165, 1.54) is 18.2 Å². The quantitative estimate of drug-likeness (QED) is 0.644. The summed E-state index contributed by atoms with van der Waals surface area (Å²) in [6.45, 7) is 6.40. The van der Waals surface area contributed by atoms with Gasteiger partial charge in [-0.15, -0.1) is 0 Å². The summed E-state index contributed by atoms with van der Waals surface area (Å²) in [5.41, 5.74) is 1.18. The molecule has 27 heavy (non-hydrogen) atoms. The van der Waals surface area contributed by atoms with E-state index < -0.39 is 5.82 Å². The molecule has 2 aromatic carbocycles. The molecule has 1 atom stereocenters. The fourth-order valence-electron chi connectivity index (χ4n) is 3.15. The highest BCUT2D eigenvalue weighted by Gasteiger charge is 2.19. The van der Waals surface area contributed by atoms with E-state index in [0.717, 1.165) is 18.7 Å². The molecule has 0 heterocycles. The van der Waals surface area contributed by atoms with Crippen LogP contribution in [0, 0.1) is 5.82 Å². The van der Waals surface area contributed by atoms with Gasteiger partial charge in [-0.25, -0.2) is 4.39 Å². The van der Waals surface area contributed by atoms with E-state index in [-0.39, 0.29) is 36.1 Å². The van der Waals surface area contributed by atoms with Gasteiger partial charge >= 0.3 is 0 Å². The van der Waals surface area contributed by atoms with Crippen molar-refractivity contribution >= 4 is 11.7 Å². The van der Waals surface area contributed by atoms with Gasteiger partial charge in [0.05, 0.1) is 11.6 Å². The van der Waals surface area contributed by atoms with E-state index in [2.05, 4.69) is 36.2 Å². The predicted octanol–water partition coefficient (Wildman–Crippen LogP) is 3.99. The SMILES string of the molecule is CCN(CC)C(CNC(=O)CCC(=O)c1ccccc1F)c1ccccc1. The maximum absolute atomic E-state index is 13.6. The molecular weight excluding hydrogens is 343 g/mol. The Hall–Kier alpha value is -2.53. The maximum Gasteiger partial charge on any atom is 0.220 e. The van der Waals surface area contributed by atoms with Crippen LogP contribution in [-0.4, -0.2) is 36.2 Å². The molecule has 1 unspecified atom stereocenters. The van der Waals surface area contributed by atoms with E-state index in [9.17, 15) is 14.0 Å². The smallest absolute Gasteiger partial charge is 0.220 e. The molecule has 0 radical (unpaired) electrons. The lowest BCUT2D eigenvalue weighted by molar-refractivity contribution is -0.121. The summed E-state index contributed by atoms with van der Waals surface area (Å²) in [5, 5.41) is 2.93. The molecule has 1 N–H and O–H groups in total. The molecule has 0 aliphatic carbocycles. The summed E-state index contributed by atoms with van der Waals surface area (Å²) in [5.74, 6) is -1.10. The van der Waals surface area contributed by atoms with E-state index in [1.54, 1.807) is 6.07 Å². The van der Waals surface area contributed by atoms with Crippen LogP contribution in [0.5, 0.6) is 0 Å². The zero-order chi connectivity index (χ0) is 19.6. The van der Waals surface area contributed by atoms with Crippen molar-refractivity contribution in [2.45, 2.75) is 32.7 Å². The van der Waals surface area contributed by atoms with Crippen molar-refractivity contribution in [2.75, 3.05) is 19.6 Å². The molecule has 2 aromatic rings. The highest BCUT2D eigenvalue weighted by molar-refractivity contribution is 5.98. The molecule has 0 saturated heterocycles. The molecule has 0 saturated carbocycles. The Morgan fingerprint density at radius 2 is 1.59 bits per heavy atom. The van der Waals surface area contributed by atoms with Gasteiger partial charge in [-0.3, -0.25) is 14.5 Å². The number of nitrogens with zero attached hydrogens (tertiary/aromatic N) is 1. The number of ketones is 1. The van der Waals surface area contributed by atoms with Gasteiger partial charge in [0.15, 0.2) is 5.78 Å². The summed E-state index contributed by atoms with van der Waals surface area (Å²) in [6, 6.07) is 16.0. The Morgan fingerprint density at radius 1 is 0.963 bits per heavy atom. The first-order valence-electron chi connectivity index (χ1n) is 9.40. The lowest BCUT2D eigenvalue weighted by Gasteiger charge is -2.30. The summed E-state index contributed by atoms with van der Waals surface area (Å²) in [6.07, 6.45) is 0.0426. The second-order valence-corrected chi connectivity index (χ2v) is 6.35. The average Bonchev–Trinajstić information content (AvgIpc) is 2.70. The van der Waals surface area contributed by atoms with Crippen LogP contribution in [0.25, 0.3) is 0 Å². The third-order valence-corrected chi connectivity index (χ3v) is 4.68. The largest absolute Gasteiger partial charge is 0.354 e. The van der Waals surface area contributed by atoms with Crippen LogP contribution in [0.2, 0.25) is 0 Å². The van der Waals surface area contributed by atoms with Gasteiger partial charge in [-0.05, 0) is 30.8 Å². The van der Waals surface area contributed by atoms with Crippen LogP contribution in [-0.2, 0) is 4.79 Å². The number of carbonyl (C=O) groups is 2. The highest BCUT2D eigenvalue weighted by atomic mass is 19.1. The number of amides is 1. The Morgan fingerprint density at radius 3 is 2.22 bits per heavy atom. The summed E-state index contributed by atoms with van der Waals surface area (Å²) in [7, 11) is 0. The van der Waals surface area contributed by atoms with Gasteiger partial charge < -0.3 is 5.32 Å². The maximum atomic E-state index is 13.6. The number of hydrogen-bond donors (Lipinski definition) is 1. The van der Waals surface area contributed by atoms with E-state index in [1.807, 2.05) is 18.2 Å². The minimum Gasteiger partial charge on any atom is -0.354 e. The van der Waals surface area contributed by atoms with Crippen LogP contribution in [0.1, 0.15) is 48.7 Å². The number of halogens is 1. The molecule has 2 rings (SSSR count). The van der Waals surface area contributed by atoms with Crippen molar-refractivity contribution in [1.82, 2.24) is 10.2 Å². The molecule has 0 fully saturated rings. The van der Waals surface area contributed by atoms with Gasteiger partial charge in [0.25, 0.3) is 0 Å². The fourth-order valence-corrected chi connectivity index (χ4v) is 3.15. The molecule has 0 bridgehead atoms. The second-order valence-electron chi connectivity index (χ2n) is 6.35. The van der Waals surface area contributed by atoms with Gasteiger partial charge in [0, 0.05) is 19.4 Å². The number of Topliss-reactive ketones (excluding diaryl/α,β-unsaturated/α-hetero) is 1. The van der Waals surface area contributed by atoms with Crippen molar-refractivity contribution < 1.29 is 14.0 Å². The third-order valence-electron chi connectivity index (χ3n) is 4.68. The van der Waals surface area contributed by atoms with Gasteiger partial charge in [0.2, 0.25) is 5.91 Å². The first kappa shape index (κ1) is 20.8. The molecule has 1 amide bonds. The zero-order valence-electron chi connectivity index (χ0n) is 16.0. The standard InChI is InChI=1S/C22H27FN2O2/c1-3-25(4-2)20(17-10-6-5-7-11-17)16-24-22(27)15-14-21(26)18-12-8-9-13-19(18)23/h5-13,20H,3-4,14-16H2,1-2H3,(H,24,27). The topological polar surface area (TPSA) is 49.4 Å². The minimum absolute atomic E-state index is 0.00591. The molecule has 144 valence electrons. The monoisotopic (exact) mass is 370 g/mol. The molecule has 0 aliphatic heterocycles. The van der Waals surface area contributed by atoms with E-state index >= 15 is 0 Å². The molecule has 0 spiro atoms. The van der Waals surface area contributed by atoms with Crippen molar-refractivity contribution in [3.63, 3.8) is 0 Å². The fraction of sp³-hybridized carbons (Fsp3) is 0.364. The summed E-state index contributed by atoms with van der Waals surface area (Å²) < 4.78 is 13.6. The first-order valence-corrected chi connectivity index (χ1v) is 9.40. The Bertz CT molecular complexity index is 745. The van der Waals surface area contributed by atoms with Crippen LogP contribution in [0.3, 0.4) is 0 Å². The van der Waals surface area contributed by atoms with Crippen molar-refractivity contribution in [1.29, 1.82) is 0 Å². The van der Waals surface area contributed by atoms with E-state index in [0.29, 0.717) is 6.54 Å². The number of benzene rings is 2.